The summed E-state index contributed by atoms with van der Waals surface area (Å²) in [7, 11) is 0. The molecule has 7 nitrogen and oxygen atoms in total. The maximum absolute atomic E-state index is 13.1. The molecule has 10 heteroatoms. The van der Waals surface area contributed by atoms with Gasteiger partial charge in [0.1, 0.15) is 5.82 Å². The van der Waals surface area contributed by atoms with Crippen LogP contribution in [0.25, 0.3) is 0 Å². The second kappa shape index (κ2) is 11.8. The Kier molecular flexibility index (Phi) is 8.62. The molecule has 0 spiro atoms. The van der Waals surface area contributed by atoms with E-state index in [0.717, 1.165) is 23.9 Å². The first-order chi connectivity index (χ1) is 16.4. The number of nitrogens with zero attached hydrogens (tertiary/aromatic N) is 1. The van der Waals surface area contributed by atoms with Crippen LogP contribution in [0.4, 0.5) is 15.8 Å². The van der Waals surface area contributed by atoms with Crippen LogP contribution < -0.4 is 10.6 Å². The van der Waals surface area contributed by atoms with Crippen LogP contribution in [0, 0.1) is 17.1 Å². The normalized spacial score (nSPS) is 10.1. The first-order valence-corrected chi connectivity index (χ1v) is 11.2. The molecular weight excluding hydrogens is 481 g/mol. The van der Waals surface area contributed by atoms with Gasteiger partial charge in [0.05, 0.1) is 33.7 Å². The number of esters is 1. The zero-order chi connectivity index (χ0) is 24.5. The third-order valence-electron chi connectivity index (χ3n) is 4.28. The third kappa shape index (κ3) is 7.07. The van der Waals surface area contributed by atoms with Gasteiger partial charge in [0, 0.05) is 10.6 Å². The Bertz CT molecular complexity index is 1280. The molecule has 3 aromatic carbocycles. The van der Waals surface area contributed by atoms with E-state index in [9.17, 15) is 18.8 Å². The van der Waals surface area contributed by atoms with Crippen molar-refractivity contribution in [1.82, 2.24) is 0 Å². The molecule has 0 atom stereocenters. The molecule has 172 valence electrons. The molecule has 3 aromatic rings. The number of ether oxygens (including phenoxy) is 1. The number of hydrogen-bond acceptors (Lipinski definition) is 6. The maximum Gasteiger partial charge on any atom is 0.339 e. The molecular formula is C24H17ClFN3O4S. The molecule has 0 fully saturated rings. The molecule has 2 N–H and O–H groups in total. The molecule has 0 aliphatic carbocycles. The Morgan fingerprint density at radius 3 is 2.56 bits per heavy atom. The van der Waals surface area contributed by atoms with Crippen molar-refractivity contribution in [2.24, 2.45) is 0 Å². The van der Waals surface area contributed by atoms with E-state index < -0.39 is 24.3 Å². The minimum Gasteiger partial charge on any atom is -0.452 e. The van der Waals surface area contributed by atoms with Gasteiger partial charge in [0.15, 0.2) is 6.61 Å². The lowest BCUT2D eigenvalue weighted by Crippen LogP contribution is -2.21. The average molecular weight is 498 g/mol. The summed E-state index contributed by atoms with van der Waals surface area (Å²) >= 11 is 6.99. The van der Waals surface area contributed by atoms with Crippen molar-refractivity contribution in [3.05, 3.63) is 88.7 Å². The summed E-state index contributed by atoms with van der Waals surface area (Å²) in [5.74, 6) is -2.26. The third-order valence-corrected chi connectivity index (χ3v) is 5.67. The Morgan fingerprint density at radius 2 is 1.79 bits per heavy atom. The summed E-state index contributed by atoms with van der Waals surface area (Å²) in [6.07, 6.45) is 0. The van der Waals surface area contributed by atoms with Crippen LogP contribution in [0.5, 0.6) is 0 Å². The molecule has 0 aliphatic heterocycles. The average Bonchev–Trinajstić information content (AvgIpc) is 2.83. The number of rotatable bonds is 8. The van der Waals surface area contributed by atoms with E-state index in [0.29, 0.717) is 16.1 Å². The van der Waals surface area contributed by atoms with Gasteiger partial charge in [-0.3, -0.25) is 9.59 Å². The molecule has 2 amide bonds. The highest BCUT2D eigenvalue weighted by Gasteiger charge is 2.16. The quantitative estimate of drug-likeness (QED) is 0.339. The van der Waals surface area contributed by atoms with Gasteiger partial charge in [0.2, 0.25) is 5.91 Å². The van der Waals surface area contributed by atoms with Gasteiger partial charge < -0.3 is 15.4 Å². The van der Waals surface area contributed by atoms with E-state index in [1.165, 1.54) is 12.1 Å². The van der Waals surface area contributed by atoms with Gasteiger partial charge in [-0.15, -0.1) is 11.8 Å². The molecule has 0 radical (unpaired) electrons. The van der Waals surface area contributed by atoms with Crippen molar-refractivity contribution in [2.75, 3.05) is 23.0 Å². The van der Waals surface area contributed by atoms with Gasteiger partial charge in [-0.1, -0.05) is 29.8 Å². The first-order valence-electron chi connectivity index (χ1n) is 9.79. The summed E-state index contributed by atoms with van der Waals surface area (Å²) in [5, 5.41) is 14.1. The fourth-order valence-electron chi connectivity index (χ4n) is 2.75. The molecule has 0 saturated heterocycles. The zero-order valence-electron chi connectivity index (χ0n) is 17.5. The van der Waals surface area contributed by atoms with Gasteiger partial charge in [-0.05, 0) is 48.5 Å². The van der Waals surface area contributed by atoms with Crippen LogP contribution in [0.1, 0.15) is 15.9 Å². The summed E-state index contributed by atoms with van der Waals surface area (Å²) in [6.45, 7) is -0.582. The highest BCUT2D eigenvalue weighted by atomic mass is 35.5. The van der Waals surface area contributed by atoms with Gasteiger partial charge in [-0.25, -0.2) is 9.18 Å². The fourth-order valence-corrected chi connectivity index (χ4v) is 3.81. The molecule has 0 saturated carbocycles. The number of thioether (sulfide) groups is 1. The molecule has 0 aliphatic rings. The van der Waals surface area contributed by atoms with Crippen molar-refractivity contribution >= 4 is 52.5 Å². The minimum absolute atomic E-state index is 0.00459. The van der Waals surface area contributed by atoms with E-state index in [2.05, 4.69) is 10.6 Å². The standard InChI is InChI=1S/C24H17ClFN3O4S/c25-19-11-16(26)8-9-20(19)29-22(30)13-33-24(32)18-6-1-2-7-21(18)34-14-23(31)28-17-5-3-4-15(10-17)12-27/h1-11H,13-14H2,(H,28,31)(H,29,30). The van der Waals surface area contributed by atoms with Crippen LogP contribution in [-0.2, 0) is 14.3 Å². The smallest absolute Gasteiger partial charge is 0.339 e. The van der Waals surface area contributed by atoms with Crippen LogP contribution in [0.3, 0.4) is 0 Å². The summed E-state index contributed by atoms with van der Waals surface area (Å²) in [5.41, 5.74) is 1.29. The lowest BCUT2D eigenvalue weighted by molar-refractivity contribution is -0.119. The van der Waals surface area contributed by atoms with Crippen LogP contribution in [0.2, 0.25) is 5.02 Å². The molecule has 0 heterocycles. The predicted octanol–water partition coefficient (Wildman–Crippen LogP) is 4.88. The predicted molar refractivity (Wildman–Crippen MR) is 127 cm³/mol. The van der Waals surface area contributed by atoms with Gasteiger partial charge in [-0.2, -0.15) is 5.26 Å². The van der Waals surface area contributed by atoms with Gasteiger partial charge >= 0.3 is 5.97 Å². The summed E-state index contributed by atoms with van der Waals surface area (Å²) in [6, 6.07) is 18.5. The van der Waals surface area contributed by atoms with E-state index >= 15 is 0 Å². The Morgan fingerprint density at radius 1 is 1.00 bits per heavy atom. The number of nitriles is 1. The second-order valence-corrected chi connectivity index (χ2v) is 8.20. The highest BCUT2D eigenvalue weighted by molar-refractivity contribution is 8.00. The summed E-state index contributed by atoms with van der Waals surface area (Å²) in [4.78, 5) is 37.4. The lowest BCUT2D eigenvalue weighted by Gasteiger charge is -2.11. The summed E-state index contributed by atoms with van der Waals surface area (Å²) < 4.78 is 18.2. The van der Waals surface area contributed by atoms with E-state index in [1.54, 1.807) is 42.5 Å². The van der Waals surface area contributed by atoms with Crippen molar-refractivity contribution in [3.8, 4) is 6.07 Å². The van der Waals surface area contributed by atoms with Crippen molar-refractivity contribution in [3.63, 3.8) is 0 Å². The van der Waals surface area contributed by atoms with Crippen molar-refractivity contribution in [2.45, 2.75) is 4.90 Å². The van der Waals surface area contributed by atoms with E-state index in [4.69, 9.17) is 21.6 Å². The van der Waals surface area contributed by atoms with E-state index in [1.807, 2.05) is 6.07 Å². The number of anilines is 2. The fraction of sp³-hybridized carbons (Fsp3) is 0.0833. The Labute approximate surface area is 203 Å². The molecule has 0 unspecified atom stereocenters. The zero-order valence-corrected chi connectivity index (χ0v) is 19.1. The van der Waals surface area contributed by atoms with Crippen molar-refractivity contribution < 1.29 is 23.5 Å². The van der Waals surface area contributed by atoms with Crippen LogP contribution in [0.15, 0.2) is 71.6 Å². The minimum atomic E-state index is -0.745. The molecule has 3 rings (SSSR count). The van der Waals surface area contributed by atoms with Crippen molar-refractivity contribution in [1.29, 1.82) is 5.26 Å². The molecule has 34 heavy (non-hydrogen) atoms. The Balaban J connectivity index is 1.55. The maximum atomic E-state index is 13.1. The van der Waals surface area contributed by atoms with Crippen LogP contribution in [-0.4, -0.2) is 30.1 Å². The molecule has 0 aromatic heterocycles. The van der Waals surface area contributed by atoms with Gasteiger partial charge in [0.25, 0.3) is 5.91 Å². The number of nitrogens with one attached hydrogen (secondary N) is 2. The largest absolute Gasteiger partial charge is 0.452 e. The second-order valence-electron chi connectivity index (χ2n) is 6.77. The monoisotopic (exact) mass is 497 g/mol. The number of amides is 2. The number of hydrogen-bond donors (Lipinski definition) is 2. The number of halogens is 2. The topological polar surface area (TPSA) is 108 Å². The van der Waals surface area contributed by atoms with E-state index in [-0.39, 0.29) is 27.9 Å². The lowest BCUT2D eigenvalue weighted by atomic mass is 10.2. The number of benzene rings is 3. The number of carbonyl (C=O) groups excluding carboxylic acids is 3. The SMILES string of the molecule is N#Cc1cccc(NC(=O)CSc2ccccc2C(=O)OCC(=O)Nc2ccc(F)cc2Cl)c1. The highest BCUT2D eigenvalue weighted by Crippen LogP contribution is 2.24. The number of carbonyl (C=O) groups is 3. The Hall–Kier alpha value is -3.87. The van der Waals surface area contributed by atoms with Crippen LogP contribution >= 0.6 is 23.4 Å². The molecule has 0 bridgehead atoms. The first kappa shape index (κ1) is 24.8.